The van der Waals surface area contributed by atoms with E-state index < -0.39 is 0 Å². The maximum atomic E-state index is 5.84. The molecule has 0 aromatic heterocycles. The molecule has 0 N–H and O–H groups in total. The third-order valence-electron chi connectivity index (χ3n) is 25.0. The largest absolute Gasteiger partial charge is 0.497 e. The van der Waals surface area contributed by atoms with E-state index in [4.69, 9.17) is 19.0 Å². The summed E-state index contributed by atoms with van der Waals surface area (Å²) < 4.78 is 17.4. The Kier molecular flexibility index (Phi) is 50.4. The van der Waals surface area contributed by atoms with Gasteiger partial charge in [-0.2, -0.15) is 5.06 Å². The summed E-state index contributed by atoms with van der Waals surface area (Å²) in [6.07, 6.45) is 10.6. The highest BCUT2D eigenvalue weighted by atomic mass is 16.7. The van der Waals surface area contributed by atoms with Gasteiger partial charge in [-0.05, 0) is 385 Å². The van der Waals surface area contributed by atoms with Gasteiger partial charge in [-0.1, -0.05) is 169 Å². The van der Waals surface area contributed by atoms with Crippen LogP contribution in [0.5, 0.6) is 0 Å². The monoisotopic (exact) mass is 1640 g/mol. The van der Waals surface area contributed by atoms with Gasteiger partial charge in [0.2, 0.25) is 0 Å². The second kappa shape index (κ2) is 53.5. The Bertz CT molecular complexity index is 3210. The summed E-state index contributed by atoms with van der Waals surface area (Å²) in [7, 11) is 0. The summed E-state index contributed by atoms with van der Waals surface area (Å²) in [5.41, 5.74) is 34.6. The van der Waals surface area contributed by atoms with E-state index in [1.807, 2.05) is 0 Å². The molecule has 2 saturated carbocycles. The smallest absolute Gasteiger partial charge is 0.141 e. The second-order valence-corrected chi connectivity index (χ2v) is 42.0. The standard InChI is InChI=1S/C15H26.C14H27N.C14H25N.C14H24.C13H25NO.2C13H23NO.C13H24O/c1-10(2)13-8-7-9-14(11(3)4)15(13)12(5)6;1-10(2)13-7-8-15(12(5)6)9-14(13)11(3)4;1-10(2)13-8-7-9-15(12(5)6)14(13)11(3)4;1-9(2)12-7-8-13(10(3)4)14(12)11(5)6;1-9(2)12-7-14(11(5)6)15-8-13(12)10(3)4;2*1-9(2)12-13(10(3)4)15-8-7-14(12)11(5)6;1-8(2)11-7-14-13(10(5)6)12(11)9(3)4/h10,13H,7-9H2,1-6H3;10-12H,7-9H2,1-6H3;12H,7-9H2,1-6H3;9,12H,7-8H2,1-6H3;9-11H,7-8H2,1-6H3;2*11H,7-8H2,1-6H3;8-11H,7H2,1-6H3. The first-order chi connectivity index (χ1) is 54.5. The van der Waals surface area contributed by atoms with Crippen molar-refractivity contribution in [3.05, 3.63) is 146 Å². The summed E-state index contributed by atoms with van der Waals surface area (Å²) >= 11 is 0. The van der Waals surface area contributed by atoms with E-state index in [1.165, 1.54) is 155 Å². The fourth-order valence-electron chi connectivity index (χ4n) is 18.6. The lowest BCUT2D eigenvalue weighted by Gasteiger charge is -2.38. The molecule has 2 aliphatic carbocycles. The van der Waals surface area contributed by atoms with Crippen LogP contribution < -0.4 is 0 Å². The number of morpholine rings is 2. The molecule has 0 aromatic rings. The van der Waals surface area contributed by atoms with E-state index in [2.05, 4.69) is 357 Å². The number of hydrogen-bond donors (Lipinski definition) is 0. The Morgan fingerprint density at radius 1 is 0.297 bits per heavy atom. The van der Waals surface area contributed by atoms with Gasteiger partial charge in [0.25, 0.3) is 0 Å². The zero-order valence-corrected chi connectivity index (χ0v) is 87.4. The van der Waals surface area contributed by atoms with Crippen LogP contribution in [0.1, 0.15) is 384 Å². The Morgan fingerprint density at radius 3 is 1.01 bits per heavy atom. The number of rotatable bonds is 14. The number of ether oxygens (including phenoxy) is 3. The highest BCUT2D eigenvalue weighted by Crippen LogP contribution is 2.45. The number of hydrogen-bond acceptors (Lipinski definition) is 9. The molecule has 118 heavy (non-hydrogen) atoms. The van der Waals surface area contributed by atoms with Crippen molar-refractivity contribution in [2.45, 2.75) is 414 Å². The van der Waals surface area contributed by atoms with Gasteiger partial charge in [-0.3, -0.25) is 9.74 Å². The number of hydroxylamine groups is 2. The molecule has 0 amide bonds. The quantitative estimate of drug-likeness (QED) is 0.158. The van der Waals surface area contributed by atoms with Crippen molar-refractivity contribution in [1.29, 1.82) is 0 Å². The summed E-state index contributed by atoms with van der Waals surface area (Å²) in [4.78, 5) is 15.8. The first-order valence-corrected chi connectivity index (χ1v) is 47.8. The molecule has 682 valence electrons. The summed E-state index contributed by atoms with van der Waals surface area (Å²) in [5.74, 6) is 11.8. The van der Waals surface area contributed by atoms with Crippen LogP contribution in [-0.4, -0.2) is 121 Å². The van der Waals surface area contributed by atoms with Gasteiger partial charge in [-0.25, -0.2) is 0 Å². The molecule has 0 spiro atoms. The Morgan fingerprint density at radius 2 is 0.678 bits per heavy atom. The maximum Gasteiger partial charge on any atom is 0.141 e. The van der Waals surface area contributed by atoms with Crippen molar-refractivity contribution in [1.82, 2.24) is 24.7 Å². The molecule has 0 radical (unpaired) electrons. The number of likely N-dealkylation sites (tertiary alicyclic amines) is 1. The molecule has 9 nitrogen and oxygen atoms in total. The molecule has 3 saturated heterocycles. The van der Waals surface area contributed by atoms with Gasteiger partial charge in [0.05, 0.1) is 43.5 Å². The third-order valence-corrected chi connectivity index (χ3v) is 25.0. The highest BCUT2D eigenvalue weighted by molar-refractivity contribution is 5.44. The van der Waals surface area contributed by atoms with Crippen LogP contribution in [0, 0.1) is 71.0 Å². The van der Waals surface area contributed by atoms with Crippen LogP contribution in [0.3, 0.4) is 0 Å². The number of allylic oxidation sites excluding steroid dienone is 16. The zero-order valence-electron chi connectivity index (χ0n) is 87.4. The maximum absolute atomic E-state index is 5.84. The number of piperidine rings is 1. The van der Waals surface area contributed by atoms with Crippen LogP contribution in [0.15, 0.2) is 146 Å². The Balaban J connectivity index is 0.000000674. The molecular weight excluding hydrogens is 1440 g/mol. The van der Waals surface area contributed by atoms with Gasteiger partial charge >= 0.3 is 0 Å². The molecular formula is C109H197N5O4. The van der Waals surface area contributed by atoms with Crippen LogP contribution in [-0.2, 0) is 19.0 Å². The van der Waals surface area contributed by atoms with E-state index in [0.29, 0.717) is 71.6 Å². The first-order valence-electron chi connectivity index (χ1n) is 47.8. The fraction of sp³-hybridized carbons (Fsp3) is 0.761. The van der Waals surface area contributed by atoms with E-state index in [1.54, 1.807) is 50.2 Å². The first kappa shape index (κ1) is 111. The third kappa shape index (κ3) is 34.1. The predicted molar refractivity (Wildman–Crippen MR) is 524 cm³/mol. The fourth-order valence-corrected chi connectivity index (χ4v) is 18.6. The Labute approximate surface area is 735 Å². The normalized spacial score (nSPS) is 19.7. The molecule has 6 aliphatic heterocycles. The molecule has 3 atom stereocenters. The van der Waals surface area contributed by atoms with Crippen molar-refractivity contribution in [2.24, 2.45) is 71.0 Å². The SMILES string of the molecule is CC(C)=C1CCC(C(C)C)C1=C(C)C.CC(C)=C1CCCC(C(C)C)C1=C(C)C.CC(C)=C1CCCN(C(C)C)C1=C(C)C.CC(C)=C1OCCN(C(C)C)C1=C(C)C.CC(C)=C1OCCN(C(C)C)C1=C(C)C.CC(C)C1=C(C(C)C)C(C(C)C)CO1.CC(C)C1=C(C(C)C)CN(C(C)C)CC1.CC(C)C1=C(C(C)C)CN(C(C)C)OC1. The molecule has 8 rings (SSSR count). The van der Waals surface area contributed by atoms with Crippen molar-refractivity contribution in [3.8, 4) is 0 Å². The molecule has 8 aliphatic rings. The predicted octanol–water partition coefficient (Wildman–Crippen LogP) is 31.4. The van der Waals surface area contributed by atoms with E-state index in [0.717, 1.165) is 87.2 Å². The van der Waals surface area contributed by atoms with Gasteiger partial charge < -0.3 is 28.9 Å². The summed E-state index contributed by atoms with van der Waals surface area (Å²) in [6, 6.07) is 2.84. The lowest BCUT2D eigenvalue weighted by Crippen LogP contribution is -2.39. The lowest BCUT2D eigenvalue weighted by atomic mass is 9.72. The minimum absolute atomic E-state index is 0.465. The highest BCUT2D eigenvalue weighted by Gasteiger charge is 2.35. The van der Waals surface area contributed by atoms with E-state index in [-0.39, 0.29) is 0 Å². The van der Waals surface area contributed by atoms with Crippen LogP contribution in [0.4, 0.5) is 0 Å². The van der Waals surface area contributed by atoms with Crippen molar-refractivity contribution < 1.29 is 19.0 Å². The minimum Gasteiger partial charge on any atom is -0.497 e. The Hall–Kier alpha value is -4.70. The molecule has 3 unspecified atom stereocenters. The van der Waals surface area contributed by atoms with E-state index in [9.17, 15) is 0 Å². The summed E-state index contributed by atoms with van der Waals surface area (Å²) in [6.45, 7) is 118. The minimum atomic E-state index is 0.465. The molecule has 0 bridgehead atoms. The molecule has 6 heterocycles. The van der Waals surface area contributed by atoms with Gasteiger partial charge in [-0.15, -0.1) is 0 Å². The van der Waals surface area contributed by atoms with Gasteiger partial charge in [0.1, 0.15) is 24.7 Å². The average Bonchev–Trinajstić information content (AvgIpc) is 1.78. The van der Waals surface area contributed by atoms with Gasteiger partial charge in [0.15, 0.2) is 0 Å². The van der Waals surface area contributed by atoms with Crippen LogP contribution in [0.2, 0.25) is 0 Å². The average molecular weight is 1640 g/mol. The number of nitrogens with zero attached hydrogens (tertiary/aromatic N) is 5. The van der Waals surface area contributed by atoms with E-state index >= 15 is 0 Å². The topological polar surface area (TPSA) is 53.1 Å². The second-order valence-electron chi connectivity index (χ2n) is 42.0. The van der Waals surface area contributed by atoms with Crippen LogP contribution in [0.25, 0.3) is 0 Å². The van der Waals surface area contributed by atoms with Crippen molar-refractivity contribution in [3.63, 3.8) is 0 Å². The van der Waals surface area contributed by atoms with Crippen molar-refractivity contribution in [2.75, 3.05) is 65.7 Å². The molecule has 5 fully saturated rings. The van der Waals surface area contributed by atoms with Crippen LogP contribution >= 0.6 is 0 Å². The van der Waals surface area contributed by atoms with Gasteiger partial charge in [0, 0.05) is 73.9 Å². The molecule has 0 aromatic carbocycles. The zero-order chi connectivity index (χ0) is 91.3. The molecule has 9 heteroatoms. The lowest BCUT2D eigenvalue weighted by molar-refractivity contribution is -0.176. The van der Waals surface area contributed by atoms with Crippen molar-refractivity contribution >= 4 is 0 Å². The summed E-state index contributed by atoms with van der Waals surface area (Å²) in [5, 5.41) is 2.10.